The Morgan fingerprint density at radius 2 is 1.89 bits per heavy atom. The maximum atomic E-state index is 13.6. The lowest BCUT2D eigenvalue weighted by Crippen LogP contribution is -2.19. The number of hydrogen-bond donors (Lipinski definition) is 2. The molecule has 2 aromatic carbocycles. The molecule has 0 saturated carbocycles. The van der Waals surface area contributed by atoms with Crippen molar-refractivity contribution < 1.29 is 13.9 Å². The van der Waals surface area contributed by atoms with Crippen molar-refractivity contribution in [3.8, 4) is 5.75 Å². The Balaban J connectivity index is 2.04. The molecular formula is C15H15F2NO. The average Bonchev–Trinajstić information content (AvgIpc) is 2.35. The molecule has 2 N–H and O–H groups in total. The van der Waals surface area contributed by atoms with Gasteiger partial charge in [-0.1, -0.05) is 18.2 Å². The zero-order valence-corrected chi connectivity index (χ0v) is 10.5. The normalized spacial score (nSPS) is 12.4. The first kappa shape index (κ1) is 13.5. The molecule has 4 heteroatoms. The molecule has 0 fully saturated rings. The molecule has 0 aliphatic heterocycles. The van der Waals surface area contributed by atoms with E-state index >= 15 is 0 Å². The predicted octanol–water partition coefficient (Wildman–Crippen LogP) is 3.52. The molecule has 0 spiro atoms. The van der Waals surface area contributed by atoms with Crippen molar-refractivity contribution in [3.63, 3.8) is 0 Å². The van der Waals surface area contributed by atoms with E-state index in [9.17, 15) is 13.9 Å². The summed E-state index contributed by atoms with van der Waals surface area (Å²) in [5.41, 5.74) is 1.17. The number of hydrogen-bond acceptors (Lipinski definition) is 2. The van der Waals surface area contributed by atoms with Gasteiger partial charge in [0.1, 0.15) is 17.4 Å². The van der Waals surface area contributed by atoms with Gasteiger partial charge < -0.3 is 10.4 Å². The van der Waals surface area contributed by atoms with Crippen molar-refractivity contribution in [1.82, 2.24) is 5.32 Å². The third kappa shape index (κ3) is 3.51. The first-order valence-corrected chi connectivity index (χ1v) is 6.02. The highest BCUT2D eigenvalue weighted by Gasteiger charge is 2.09. The smallest absolute Gasteiger partial charge is 0.127 e. The summed E-state index contributed by atoms with van der Waals surface area (Å²) in [6.07, 6.45) is 0. The number of aromatic hydroxyl groups is 1. The highest BCUT2D eigenvalue weighted by molar-refractivity contribution is 5.28. The van der Waals surface area contributed by atoms with E-state index in [1.54, 1.807) is 18.2 Å². The Labute approximate surface area is 110 Å². The lowest BCUT2D eigenvalue weighted by molar-refractivity contribution is 0.466. The van der Waals surface area contributed by atoms with Crippen molar-refractivity contribution >= 4 is 0 Å². The second-order valence-corrected chi connectivity index (χ2v) is 4.44. The summed E-state index contributed by atoms with van der Waals surface area (Å²) in [6.45, 7) is 2.18. The van der Waals surface area contributed by atoms with Crippen LogP contribution >= 0.6 is 0 Å². The summed E-state index contributed by atoms with van der Waals surface area (Å²) in [6, 6.07) is 10.2. The van der Waals surface area contributed by atoms with Gasteiger partial charge in [0.25, 0.3) is 0 Å². The molecule has 19 heavy (non-hydrogen) atoms. The van der Waals surface area contributed by atoms with Crippen LogP contribution in [-0.4, -0.2) is 5.11 Å². The second-order valence-electron chi connectivity index (χ2n) is 4.44. The number of rotatable bonds is 4. The van der Waals surface area contributed by atoms with Crippen LogP contribution in [0.2, 0.25) is 0 Å². The Morgan fingerprint density at radius 1 is 1.16 bits per heavy atom. The van der Waals surface area contributed by atoms with Crippen LogP contribution < -0.4 is 5.32 Å². The van der Waals surface area contributed by atoms with Gasteiger partial charge >= 0.3 is 0 Å². The average molecular weight is 263 g/mol. The van der Waals surface area contributed by atoms with Crippen LogP contribution in [0.5, 0.6) is 5.75 Å². The van der Waals surface area contributed by atoms with Crippen LogP contribution in [-0.2, 0) is 6.54 Å². The van der Waals surface area contributed by atoms with Crippen molar-refractivity contribution in [2.24, 2.45) is 0 Å². The highest BCUT2D eigenvalue weighted by atomic mass is 19.1. The quantitative estimate of drug-likeness (QED) is 0.884. The van der Waals surface area contributed by atoms with Crippen LogP contribution in [0, 0.1) is 11.6 Å². The Hall–Kier alpha value is -1.94. The Bertz CT molecular complexity index is 552. The number of phenolic OH excluding ortho intramolecular Hbond substituents is 1. The number of phenols is 1. The third-order valence-corrected chi connectivity index (χ3v) is 2.93. The molecule has 0 heterocycles. The van der Waals surface area contributed by atoms with E-state index in [1.807, 2.05) is 6.92 Å². The maximum Gasteiger partial charge on any atom is 0.127 e. The van der Waals surface area contributed by atoms with Crippen LogP contribution in [0.25, 0.3) is 0 Å². The fourth-order valence-corrected chi connectivity index (χ4v) is 1.94. The molecule has 0 bridgehead atoms. The summed E-state index contributed by atoms with van der Waals surface area (Å²) in [7, 11) is 0. The Kier molecular flexibility index (Phi) is 4.12. The molecule has 0 amide bonds. The summed E-state index contributed by atoms with van der Waals surface area (Å²) in [5.74, 6) is -0.879. The van der Waals surface area contributed by atoms with Crippen LogP contribution in [0.4, 0.5) is 8.78 Å². The fourth-order valence-electron chi connectivity index (χ4n) is 1.94. The van der Waals surface area contributed by atoms with Gasteiger partial charge in [0.2, 0.25) is 0 Å². The van der Waals surface area contributed by atoms with Crippen molar-refractivity contribution in [2.75, 3.05) is 0 Å². The van der Waals surface area contributed by atoms with Gasteiger partial charge in [0.05, 0.1) is 0 Å². The summed E-state index contributed by atoms with van der Waals surface area (Å²) in [5, 5.41) is 12.4. The number of nitrogens with one attached hydrogen (secondary N) is 1. The summed E-state index contributed by atoms with van der Waals surface area (Å²) < 4.78 is 26.6. The van der Waals surface area contributed by atoms with Gasteiger partial charge in [0, 0.05) is 24.2 Å². The molecule has 2 nitrogen and oxygen atoms in total. The molecule has 0 radical (unpaired) electrons. The number of benzene rings is 2. The van der Waals surface area contributed by atoms with E-state index in [2.05, 4.69) is 5.32 Å². The number of halogens is 2. The van der Waals surface area contributed by atoms with Crippen LogP contribution in [0.3, 0.4) is 0 Å². The molecule has 0 saturated heterocycles. The first-order chi connectivity index (χ1) is 9.06. The van der Waals surface area contributed by atoms with Gasteiger partial charge in [-0.2, -0.15) is 0 Å². The van der Waals surface area contributed by atoms with Crippen molar-refractivity contribution in [3.05, 3.63) is 65.2 Å². The third-order valence-electron chi connectivity index (χ3n) is 2.93. The van der Waals surface area contributed by atoms with E-state index in [1.165, 1.54) is 18.2 Å². The van der Waals surface area contributed by atoms with Gasteiger partial charge in [-0.3, -0.25) is 0 Å². The van der Waals surface area contributed by atoms with E-state index in [-0.39, 0.29) is 17.6 Å². The minimum absolute atomic E-state index is 0.115. The standard InChI is InChI=1S/C15H15F2NO/c1-10(14-4-2-3-5-15(14)17)18-9-11-6-12(16)8-13(19)7-11/h2-8,10,18-19H,9H2,1H3. The van der Waals surface area contributed by atoms with E-state index < -0.39 is 5.82 Å². The molecule has 1 unspecified atom stereocenters. The summed E-state index contributed by atoms with van der Waals surface area (Å²) in [4.78, 5) is 0. The maximum absolute atomic E-state index is 13.6. The molecular weight excluding hydrogens is 248 g/mol. The Morgan fingerprint density at radius 3 is 2.58 bits per heavy atom. The molecule has 2 aromatic rings. The van der Waals surface area contributed by atoms with E-state index in [4.69, 9.17) is 0 Å². The molecule has 100 valence electrons. The lowest BCUT2D eigenvalue weighted by Gasteiger charge is -2.15. The highest BCUT2D eigenvalue weighted by Crippen LogP contribution is 2.18. The SMILES string of the molecule is CC(NCc1cc(O)cc(F)c1)c1ccccc1F. The molecule has 0 aliphatic carbocycles. The first-order valence-electron chi connectivity index (χ1n) is 6.02. The molecule has 0 aromatic heterocycles. The van der Waals surface area contributed by atoms with Crippen LogP contribution in [0.15, 0.2) is 42.5 Å². The largest absolute Gasteiger partial charge is 0.508 e. The summed E-state index contributed by atoms with van der Waals surface area (Å²) >= 11 is 0. The molecule has 1 atom stereocenters. The minimum Gasteiger partial charge on any atom is -0.508 e. The van der Waals surface area contributed by atoms with Crippen molar-refractivity contribution in [2.45, 2.75) is 19.5 Å². The zero-order chi connectivity index (χ0) is 13.8. The van der Waals surface area contributed by atoms with Gasteiger partial charge in [-0.15, -0.1) is 0 Å². The van der Waals surface area contributed by atoms with E-state index in [0.29, 0.717) is 17.7 Å². The molecule has 0 aliphatic rings. The second kappa shape index (κ2) is 5.80. The fraction of sp³-hybridized carbons (Fsp3) is 0.200. The topological polar surface area (TPSA) is 32.3 Å². The van der Waals surface area contributed by atoms with Gasteiger partial charge in [-0.05, 0) is 30.7 Å². The monoisotopic (exact) mass is 263 g/mol. The molecule has 2 rings (SSSR count). The van der Waals surface area contributed by atoms with Gasteiger partial charge in [0.15, 0.2) is 0 Å². The van der Waals surface area contributed by atoms with Crippen molar-refractivity contribution in [1.29, 1.82) is 0 Å². The minimum atomic E-state index is -0.490. The van der Waals surface area contributed by atoms with E-state index in [0.717, 1.165) is 6.07 Å². The van der Waals surface area contributed by atoms with Crippen LogP contribution in [0.1, 0.15) is 24.1 Å². The van der Waals surface area contributed by atoms with Gasteiger partial charge in [-0.25, -0.2) is 8.78 Å². The lowest BCUT2D eigenvalue weighted by atomic mass is 10.1. The predicted molar refractivity (Wildman–Crippen MR) is 69.7 cm³/mol. The zero-order valence-electron chi connectivity index (χ0n) is 10.5.